The molecule has 6 nitrogen and oxygen atoms in total. The van der Waals surface area contributed by atoms with Gasteiger partial charge in [-0.3, -0.25) is 4.79 Å². The van der Waals surface area contributed by atoms with Gasteiger partial charge in [0.25, 0.3) is 0 Å². The Morgan fingerprint density at radius 3 is 2.47 bits per heavy atom. The van der Waals surface area contributed by atoms with Crippen LogP contribution >= 0.6 is 0 Å². The minimum Gasteiger partial charge on any atom is -0.493 e. The van der Waals surface area contributed by atoms with Crippen molar-refractivity contribution < 1.29 is 28.2 Å². The maximum absolute atomic E-state index is 14.3. The van der Waals surface area contributed by atoms with Crippen molar-refractivity contribution in [2.75, 3.05) is 20.8 Å². The van der Waals surface area contributed by atoms with E-state index >= 15 is 0 Å². The molecular weight excluding hydrogens is 461 g/mol. The van der Waals surface area contributed by atoms with Gasteiger partial charge in [0, 0.05) is 29.3 Å². The number of halogens is 1. The zero-order valence-corrected chi connectivity index (χ0v) is 21.3. The first kappa shape index (κ1) is 25.5. The second-order valence-electron chi connectivity index (χ2n) is 9.68. The number of dihydropyridines is 1. The number of esters is 1. The standard InChI is InChI=1S/C29H32FNO5/c1-16(2)15-36-29(33)26-17(3)31-22-12-20(18-9-10-24(34-4)25(14-18)35-5)13-23(32)28(22)27(26)19-7-6-8-21(30)11-19/h6-11,14,16,20,27,31H,12-13,15H2,1-5H3. The second-order valence-corrected chi connectivity index (χ2v) is 9.68. The molecule has 1 heterocycles. The monoisotopic (exact) mass is 493 g/mol. The Balaban J connectivity index is 1.75. The summed E-state index contributed by atoms with van der Waals surface area (Å²) in [5, 5.41) is 3.32. The number of methoxy groups -OCH3 is 2. The highest BCUT2D eigenvalue weighted by Crippen LogP contribution is 2.46. The lowest BCUT2D eigenvalue weighted by atomic mass is 9.71. The average Bonchev–Trinajstić information content (AvgIpc) is 2.85. The molecule has 0 amide bonds. The number of benzene rings is 2. The first-order chi connectivity index (χ1) is 17.2. The first-order valence-electron chi connectivity index (χ1n) is 12.1. The number of carbonyl (C=O) groups is 2. The molecule has 36 heavy (non-hydrogen) atoms. The summed E-state index contributed by atoms with van der Waals surface area (Å²) in [5.74, 6) is -0.408. The van der Waals surface area contributed by atoms with Crippen LogP contribution in [0.5, 0.6) is 11.5 Å². The van der Waals surface area contributed by atoms with Gasteiger partial charge in [-0.25, -0.2) is 9.18 Å². The lowest BCUT2D eigenvalue weighted by Gasteiger charge is -2.36. The zero-order valence-electron chi connectivity index (χ0n) is 21.3. The molecule has 0 fully saturated rings. The Kier molecular flexibility index (Phi) is 7.48. The summed E-state index contributed by atoms with van der Waals surface area (Å²) in [7, 11) is 3.16. The van der Waals surface area contributed by atoms with Crippen molar-refractivity contribution in [1.29, 1.82) is 0 Å². The summed E-state index contributed by atoms with van der Waals surface area (Å²) in [6.45, 7) is 5.97. The van der Waals surface area contributed by atoms with E-state index in [2.05, 4.69) is 5.32 Å². The van der Waals surface area contributed by atoms with E-state index in [1.807, 2.05) is 32.0 Å². The summed E-state index contributed by atoms with van der Waals surface area (Å²) >= 11 is 0. The molecule has 2 unspecified atom stereocenters. The van der Waals surface area contributed by atoms with Gasteiger partial charge < -0.3 is 19.5 Å². The fraction of sp³-hybridized carbons (Fsp3) is 0.379. The fourth-order valence-corrected chi connectivity index (χ4v) is 4.99. The van der Waals surface area contributed by atoms with E-state index in [1.165, 1.54) is 12.1 Å². The number of allylic oxidation sites excluding steroid dienone is 3. The lowest BCUT2D eigenvalue weighted by Crippen LogP contribution is -2.36. The fourth-order valence-electron chi connectivity index (χ4n) is 4.99. The molecule has 0 bridgehead atoms. The van der Waals surface area contributed by atoms with E-state index < -0.39 is 17.7 Å². The van der Waals surface area contributed by atoms with E-state index in [9.17, 15) is 14.0 Å². The largest absolute Gasteiger partial charge is 0.493 e. The topological polar surface area (TPSA) is 73.9 Å². The van der Waals surface area contributed by atoms with Crippen LogP contribution in [-0.4, -0.2) is 32.6 Å². The molecule has 7 heteroatoms. The minimum atomic E-state index is -0.699. The smallest absolute Gasteiger partial charge is 0.336 e. The number of hydrogen-bond donors (Lipinski definition) is 1. The molecule has 0 spiro atoms. The van der Waals surface area contributed by atoms with Gasteiger partial charge in [0.15, 0.2) is 17.3 Å². The molecule has 1 aliphatic heterocycles. The minimum absolute atomic E-state index is 0.0838. The van der Waals surface area contributed by atoms with Gasteiger partial charge in [0.2, 0.25) is 0 Å². The number of Topliss-reactive ketones (excluding diaryl/α,β-unsaturated/α-hetero) is 1. The summed E-state index contributed by atoms with van der Waals surface area (Å²) in [6, 6.07) is 11.8. The number of nitrogens with one attached hydrogen (secondary N) is 1. The number of ether oxygens (including phenoxy) is 3. The van der Waals surface area contributed by atoms with Crippen LogP contribution in [0.3, 0.4) is 0 Å². The van der Waals surface area contributed by atoms with Crippen LogP contribution in [0.1, 0.15) is 56.6 Å². The summed E-state index contributed by atoms with van der Waals surface area (Å²) < 4.78 is 30.6. The van der Waals surface area contributed by atoms with Crippen molar-refractivity contribution in [3.05, 3.63) is 81.9 Å². The normalized spacial score (nSPS) is 19.7. The average molecular weight is 494 g/mol. The van der Waals surface area contributed by atoms with Gasteiger partial charge in [-0.1, -0.05) is 32.0 Å². The highest BCUT2D eigenvalue weighted by atomic mass is 19.1. The van der Waals surface area contributed by atoms with Gasteiger partial charge in [0.1, 0.15) is 5.82 Å². The molecule has 2 atom stereocenters. The number of ketones is 1. The van der Waals surface area contributed by atoms with Crippen molar-refractivity contribution >= 4 is 11.8 Å². The highest BCUT2D eigenvalue weighted by molar-refractivity contribution is 6.04. The molecule has 0 radical (unpaired) electrons. The molecular formula is C29H32FNO5. The lowest BCUT2D eigenvalue weighted by molar-refractivity contribution is -0.140. The molecule has 1 aliphatic carbocycles. The second kappa shape index (κ2) is 10.6. The molecule has 190 valence electrons. The Bertz CT molecular complexity index is 1250. The number of rotatable bonds is 7. The van der Waals surface area contributed by atoms with Gasteiger partial charge in [-0.2, -0.15) is 0 Å². The van der Waals surface area contributed by atoms with Crippen LogP contribution in [-0.2, 0) is 14.3 Å². The van der Waals surface area contributed by atoms with E-state index in [1.54, 1.807) is 33.3 Å². The summed E-state index contributed by atoms with van der Waals surface area (Å²) in [5.41, 5.74) is 3.71. The Labute approximate surface area is 211 Å². The first-order valence-corrected chi connectivity index (χ1v) is 12.1. The maximum atomic E-state index is 14.3. The van der Waals surface area contributed by atoms with Crippen LogP contribution in [0.25, 0.3) is 0 Å². The molecule has 2 aromatic rings. The van der Waals surface area contributed by atoms with Crippen molar-refractivity contribution in [2.45, 2.75) is 45.4 Å². The zero-order chi connectivity index (χ0) is 26.0. The van der Waals surface area contributed by atoms with E-state index in [4.69, 9.17) is 14.2 Å². The Morgan fingerprint density at radius 1 is 1.06 bits per heavy atom. The summed E-state index contributed by atoms with van der Waals surface area (Å²) in [4.78, 5) is 26.9. The molecule has 0 aromatic heterocycles. The molecule has 4 rings (SSSR count). The quantitative estimate of drug-likeness (QED) is 0.521. The van der Waals surface area contributed by atoms with Crippen molar-refractivity contribution in [2.24, 2.45) is 5.92 Å². The third kappa shape index (κ3) is 5.01. The van der Waals surface area contributed by atoms with E-state index in [-0.39, 0.29) is 30.6 Å². The van der Waals surface area contributed by atoms with E-state index in [0.29, 0.717) is 40.3 Å². The van der Waals surface area contributed by atoms with Gasteiger partial charge in [0.05, 0.1) is 26.4 Å². The van der Waals surface area contributed by atoms with Crippen LogP contribution in [0.15, 0.2) is 65.0 Å². The van der Waals surface area contributed by atoms with Gasteiger partial charge >= 0.3 is 5.97 Å². The maximum Gasteiger partial charge on any atom is 0.336 e. The molecule has 2 aliphatic rings. The predicted molar refractivity (Wildman–Crippen MR) is 134 cm³/mol. The highest BCUT2D eigenvalue weighted by Gasteiger charge is 2.41. The number of hydrogen-bond acceptors (Lipinski definition) is 6. The van der Waals surface area contributed by atoms with Gasteiger partial charge in [-0.15, -0.1) is 0 Å². The van der Waals surface area contributed by atoms with Crippen molar-refractivity contribution in [1.82, 2.24) is 5.32 Å². The van der Waals surface area contributed by atoms with Crippen LogP contribution in [0.2, 0.25) is 0 Å². The Hall–Kier alpha value is -3.61. The van der Waals surface area contributed by atoms with Crippen LogP contribution in [0, 0.1) is 11.7 Å². The third-order valence-electron chi connectivity index (χ3n) is 6.66. The summed E-state index contributed by atoms with van der Waals surface area (Å²) in [6.07, 6.45) is 0.823. The SMILES string of the molecule is COc1ccc(C2CC(=O)C3=C(C2)NC(C)=C(C(=O)OCC(C)C)C3c2cccc(F)c2)cc1OC. The molecule has 0 saturated carbocycles. The van der Waals surface area contributed by atoms with E-state index in [0.717, 1.165) is 11.3 Å². The van der Waals surface area contributed by atoms with Crippen molar-refractivity contribution in [3.8, 4) is 11.5 Å². The molecule has 1 N–H and O–H groups in total. The molecule has 2 aromatic carbocycles. The van der Waals surface area contributed by atoms with Gasteiger partial charge in [-0.05, 0) is 60.6 Å². The number of carbonyl (C=O) groups excluding carboxylic acids is 2. The molecule has 0 saturated heterocycles. The third-order valence-corrected chi connectivity index (χ3v) is 6.66. The van der Waals surface area contributed by atoms with Crippen LogP contribution in [0.4, 0.5) is 4.39 Å². The predicted octanol–water partition coefficient (Wildman–Crippen LogP) is 5.40. The van der Waals surface area contributed by atoms with Crippen molar-refractivity contribution in [3.63, 3.8) is 0 Å². The van der Waals surface area contributed by atoms with Crippen LogP contribution < -0.4 is 14.8 Å². The Morgan fingerprint density at radius 2 is 1.81 bits per heavy atom.